The number of thiophene rings is 1. The molecular weight excluding hydrogens is 697 g/mol. The molecule has 0 N–H and O–H groups in total. The van der Waals surface area contributed by atoms with Crippen molar-refractivity contribution in [1.82, 2.24) is 39.9 Å². The minimum Gasteiger partial charge on any atom is -0.255 e. The zero-order valence-electron chi connectivity index (χ0n) is 29.2. The molecule has 9 heteroatoms. The highest BCUT2D eigenvalue weighted by Crippen LogP contribution is 2.40. The van der Waals surface area contributed by atoms with Crippen LogP contribution in [0.3, 0.4) is 0 Å². The second kappa shape index (κ2) is 13.9. The van der Waals surface area contributed by atoms with E-state index in [1.54, 1.807) is 23.7 Å². The molecule has 8 nitrogen and oxygen atoms in total. The monoisotopic (exact) mass is 724 g/mol. The Morgan fingerprint density at radius 3 is 1.53 bits per heavy atom. The lowest BCUT2D eigenvalue weighted by molar-refractivity contribution is 1.05. The van der Waals surface area contributed by atoms with Gasteiger partial charge in [-0.1, -0.05) is 109 Å². The Morgan fingerprint density at radius 1 is 0.327 bits per heavy atom. The number of pyridine rings is 3. The lowest BCUT2D eigenvalue weighted by Crippen LogP contribution is -2.04. The van der Waals surface area contributed by atoms with Crippen molar-refractivity contribution in [3.63, 3.8) is 0 Å². The van der Waals surface area contributed by atoms with Crippen LogP contribution in [0.2, 0.25) is 0 Å². The molecule has 10 rings (SSSR count). The lowest BCUT2D eigenvalue weighted by atomic mass is 10.1. The van der Waals surface area contributed by atoms with Crippen molar-refractivity contribution >= 4 is 31.5 Å². The number of aromatic nitrogens is 8. The van der Waals surface area contributed by atoms with Crippen molar-refractivity contribution in [2.45, 2.75) is 0 Å². The van der Waals surface area contributed by atoms with Crippen molar-refractivity contribution < 1.29 is 0 Å². The molecule has 0 bridgehead atoms. The summed E-state index contributed by atoms with van der Waals surface area (Å²) in [5, 5.41) is 2.42. The van der Waals surface area contributed by atoms with Crippen LogP contribution in [0.15, 0.2) is 170 Å². The molecule has 0 aliphatic heterocycles. The van der Waals surface area contributed by atoms with Gasteiger partial charge >= 0.3 is 0 Å². The summed E-state index contributed by atoms with van der Waals surface area (Å²) in [6.07, 6.45) is 3.52. The zero-order chi connectivity index (χ0) is 36.6. The molecule has 10 aromatic rings. The maximum atomic E-state index is 5.17. The van der Waals surface area contributed by atoms with Gasteiger partial charge in [0.25, 0.3) is 0 Å². The van der Waals surface area contributed by atoms with E-state index in [-0.39, 0.29) is 0 Å². The Balaban J connectivity index is 1.21. The molecule has 0 aliphatic carbocycles. The van der Waals surface area contributed by atoms with Crippen LogP contribution in [0.25, 0.3) is 99.9 Å². The summed E-state index contributed by atoms with van der Waals surface area (Å²) in [5.41, 5.74) is 7.66. The third-order valence-corrected chi connectivity index (χ3v) is 10.5. The Bertz CT molecular complexity index is 2920. The van der Waals surface area contributed by atoms with E-state index in [0.29, 0.717) is 40.4 Å². The molecule has 6 heterocycles. The third-order valence-electron chi connectivity index (χ3n) is 9.27. The molecule has 4 aromatic carbocycles. The molecule has 0 amide bonds. The molecule has 0 atom stereocenters. The van der Waals surface area contributed by atoms with Gasteiger partial charge in [0.1, 0.15) is 5.69 Å². The van der Waals surface area contributed by atoms with Gasteiger partial charge in [0.2, 0.25) is 0 Å². The van der Waals surface area contributed by atoms with Crippen LogP contribution < -0.4 is 0 Å². The number of nitrogens with zero attached hydrogens (tertiary/aromatic N) is 8. The number of benzene rings is 4. The van der Waals surface area contributed by atoms with Crippen molar-refractivity contribution in [2.24, 2.45) is 0 Å². The van der Waals surface area contributed by atoms with E-state index in [0.717, 1.165) is 44.0 Å². The Morgan fingerprint density at radius 2 is 0.873 bits per heavy atom. The third kappa shape index (κ3) is 6.28. The van der Waals surface area contributed by atoms with Gasteiger partial charge in [-0.2, -0.15) is 0 Å². The molecule has 0 aliphatic rings. The molecule has 0 spiro atoms. The van der Waals surface area contributed by atoms with Crippen molar-refractivity contribution in [2.75, 3.05) is 0 Å². The van der Waals surface area contributed by atoms with Gasteiger partial charge in [-0.3, -0.25) is 9.97 Å². The standard InChI is InChI=1S/C46H28N8S/c1-3-14-29(15-4-1)43-50-37(34-20-13-19-33-32-18-7-8-23-41(32)55-42(33)34)28-40(51-43)46-53-44(30-16-5-2-6-17-30)52-45(54-46)31-26-38(35-21-9-11-24-47-35)49-39(27-31)36-22-10-12-25-48-36/h1-28H. The predicted molar refractivity (Wildman–Crippen MR) is 220 cm³/mol. The largest absolute Gasteiger partial charge is 0.255 e. The van der Waals surface area contributed by atoms with Crippen LogP contribution in [-0.4, -0.2) is 39.9 Å². The van der Waals surface area contributed by atoms with Crippen molar-refractivity contribution in [1.29, 1.82) is 0 Å². The summed E-state index contributed by atoms with van der Waals surface area (Å²) in [7, 11) is 0. The van der Waals surface area contributed by atoms with Crippen LogP contribution in [0.1, 0.15) is 0 Å². The topological polar surface area (TPSA) is 103 Å². The van der Waals surface area contributed by atoms with Crippen LogP contribution in [-0.2, 0) is 0 Å². The first-order valence-corrected chi connectivity index (χ1v) is 18.6. The summed E-state index contributed by atoms with van der Waals surface area (Å²) in [4.78, 5) is 39.8. The van der Waals surface area contributed by atoms with Crippen molar-refractivity contribution in [3.8, 4) is 79.7 Å². The van der Waals surface area contributed by atoms with E-state index in [1.807, 2.05) is 115 Å². The second-order valence-corrected chi connectivity index (χ2v) is 13.9. The molecule has 0 saturated heterocycles. The molecule has 0 fully saturated rings. The number of rotatable bonds is 7. The molecule has 0 radical (unpaired) electrons. The van der Waals surface area contributed by atoms with E-state index in [2.05, 4.69) is 52.4 Å². The minimum absolute atomic E-state index is 0.420. The second-order valence-electron chi connectivity index (χ2n) is 12.8. The van der Waals surface area contributed by atoms with Crippen molar-refractivity contribution in [3.05, 3.63) is 170 Å². The Kier molecular flexibility index (Phi) is 8.16. The SMILES string of the molecule is c1ccc(-c2nc(-c3nc(-c4ccccc4)nc(-c4cc(-c5ccccn5)nc(-c5ccccn5)c4)n3)cc(-c3cccc4c3sc3ccccc34)n2)cc1. The van der Waals surface area contributed by atoms with Crippen LogP contribution in [0, 0.1) is 0 Å². The fourth-order valence-corrected chi connectivity index (χ4v) is 7.88. The van der Waals surface area contributed by atoms with Gasteiger partial charge in [-0.25, -0.2) is 29.9 Å². The molecule has 258 valence electrons. The summed E-state index contributed by atoms with van der Waals surface area (Å²) in [6.45, 7) is 0. The van der Waals surface area contributed by atoms with Gasteiger partial charge in [0, 0.05) is 54.8 Å². The first-order valence-electron chi connectivity index (χ1n) is 17.8. The van der Waals surface area contributed by atoms with Gasteiger partial charge < -0.3 is 0 Å². The molecule has 0 saturated carbocycles. The number of hydrogen-bond donors (Lipinski definition) is 0. The highest BCUT2D eigenvalue weighted by Gasteiger charge is 2.20. The predicted octanol–water partition coefficient (Wildman–Crippen LogP) is 10.9. The smallest absolute Gasteiger partial charge is 0.182 e. The first-order chi connectivity index (χ1) is 27.2. The molecular formula is C46H28N8S. The molecule has 0 unspecified atom stereocenters. The summed E-state index contributed by atoms with van der Waals surface area (Å²) in [5.74, 6) is 1.98. The first kappa shape index (κ1) is 32.3. The Labute approximate surface area is 320 Å². The van der Waals surface area contributed by atoms with E-state index in [1.165, 1.54) is 15.5 Å². The fourth-order valence-electron chi connectivity index (χ4n) is 6.65. The number of fused-ring (bicyclic) bond motifs is 3. The van der Waals surface area contributed by atoms with Gasteiger partial charge in [-0.05, 0) is 48.5 Å². The van der Waals surface area contributed by atoms with Gasteiger partial charge in [0.05, 0.1) is 28.5 Å². The maximum absolute atomic E-state index is 5.17. The van der Waals surface area contributed by atoms with E-state index in [4.69, 9.17) is 29.9 Å². The molecule has 6 aromatic heterocycles. The van der Waals surface area contributed by atoms with Gasteiger partial charge in [0.15, 0.2) is 23.3 Å². The summed E-state index contributed by atoms with van der Waals surface area (Å²) in [6, 6.07) is 52.3. The quantitative estimate of drug-likeness (QED) is 0.160. The van der Waals surface area contributed by atoms with E-state index >= 15 is 0 Å². The van der Waals surface area contributed by atoms with E-state index < -0.39 is 0 Å². The average Bonchev–Trinajstić information content (AvgIpc) is 3.66. The summed E-state index contributed by atoms with van der Waals surface area (Å²) < 4.78 is 2.39. The highest BCUT2D eigenvalue weighted by atomic mass is 32.1. The normalized spacial score (nSPS) is 11.3. The highest BCUT2D eigenvalue weighted by molar-refractivity contribution is 7.26. The zero-order valence-corrected chi connectivity index (χ0v) is 30.0. The van der Waals surface area contributed by atoms with Crippen LogP contribution in [0.4, 0.5) is 0 Å². The average molecular weight is 725 g/mol. The summed E-state index contributed by atoms with van der Waals surface area (Å²) >= 11 is 1.77. The Hall–Kier alpha value is -7.36. The van der Waals surface area contributed by atoms with Crippen LogP contribution >= 0.6 is 11.3 Å². The fraction of sp³-hybridized carbons (Fsp3) is 0. The molecule has 55 heavy (non-hydrogen) atoms. The van der Waals surface area contributed by atoms with E-state index in [9.17, 15) is 0 Å². The van der Waals surface area contributed by atoms with Crippen LogP contribution in [0.5, 0.6) is 0 Å². The van der Waals surface area contributed by atoms with Gasteiger partial charge in [-0.15, -0.1) is 11.3 Å². The lowest BCUT2D eigenvalue weighted by Gasteiger charge is -2.12. The maximum Gasteiger partial charge on any atom is 0.182 e. The minimum atomic E-state index is 0.420. The number of hydrogen-bond acceptors (Lipinski definition) is 9.